The lowest BCUT2D eigenvalue weighted by atomic mass is 9.97. The number of hydrogen-bond donors (Lipinski definition) is 1. The average Bonchev–Trinajstić information content (AvgIpc) is 3.04. The van der Waals surface area contributed by atoms with Crippen LogP contribution in [0, 0.1) is 6.92 Å². The molecule has 1 amide bonds. The normalized spacial score (nSPS) is 20.8. The molecular weight excluding hydrogens is 352 g/mol. The summed E-state index contributed by atoms with van der Waals surface area (Å²) in [7, 11) is 0. The molecule has 28 heavy (non-hydrogen) atoms. The maximum Gasteiger partial charge on any atom is 0.244 e. The number of rotatable bonds is 4. The van der Waals surface area contributed by atoms with E-state index in [0.717, 1.165) is 51.4 Å². The second-order valence-electron chi connectivity index (χ2n) is 7.87. The zero-order valence-electron chi connectivity index (χ0n) is 16.7. The fraction of sp³-hybridized carbons (Fsp3) is 0.571. The molecule has 2 aromatic rings. The number of nitrogens with zero attached hydrogens (tertiary/aromatic N) is 5. The van der Waals surface area contributed by atoms with Crippen LogP contribution in [0.25, 0.3) is 0 Å². The van der Waals surface area contributed by atoms with Gasteiger partial charge in [-0.3, -0.25) is 14.5 Å². The van der Waals surface area contributed by atoms with E-state index >= 15 is 0 Å². The second kappa shape index (κ2) is 8.73. The number of aryl methyl sites for hydroxylation is 1. The Bertz CT molecular complexity index is 798. The number of piperidine rings is 1. The first-order valence-corrected chi connectivity index (χ1v) is 10.4. The van der Waals surface area contributed by atoms with Gasteiger partial charge in [-0.05, 0) is 50.4 Å². The quantitative estimate of drug-likeness (QED) is 0.873. The first-order valence-electron chi connectivity index (χ1n) is 10.4. The summed E-state index contributed by atoms with van der Waals surface area (Å²) in [6.07, 6.45) is 9.04. The molecule has 2 aliphatic rings. The van der Waals surface area contributed by atoms with E-state index in [-0.39, 0.29) is 5.91 Å². The molecule has 150 valence electrons. The van der Waals surface area contributed by atoms with E-state index in [0.29, 0.717) is 12.5 Å². The average molecular weight is 383 g/mol. The minimum absolute atomic E-state index is 0.157. The molecule has 1 N–H and O–H groups in total. The Kier molecular flexibility index (Phi) is 5.90. The van der Waals surface area contributed by atoms with Gasteiger partial charge >= 0.3 is 0 Å². The number of anilines is 1. The van der Waals surface area contributed by atoms with Gasteiger partial charge in [-0.15, -0.1) is 0 Å². The van der Waals surface area contributed by atoms with Gasteiger partial charge in [-0.25, -0.2) is 0 Å². The Labute approximate surface area is 166 Å². The van der Waals surface area contributed by atoms with Gasteiger partial charge in [-0.1, -0.05) is 0 Å². The van der Waals surface area contributed by atoms with E-state index in [1.54, 1.807) is 0 Å². The molecule has 1 atom stereocenters. The Hall–Kier alpha value is -2.41. The van der Waals surface area contributed by atoms with Crippen LogP contribution in [0.3, 0.4) is 0 Å². The fourth-order valence-corrected chi connectivity index (χ4v) is 4.25. The monoisotopic (exact) mass is 382 g/mol. The maximum absolute atomic E-state index is 12.8. The van der Waals surface area contributed by atoms with Crippen molar-refractivity contribution in [2.24, 2.45) is 0 Å². The van der Waals surface area contributed by atoms with Crippen molar-refractivity contribution in [3.63, 3.8) is 0 Å². The third-order valence-corrected chi connectivity index (χ3v) is 5.85. The van der Waals surface area contributed by atoms with Gasteiger partial charge < -0.3 is 15.1 Å². The minimum atomic E-state index is 0.157. The summed E-state index contributed by atoms with van der Waals surface area (Å²) < 4.78 is 1.81. The van der Waals surface area contributed by atoms with Crippen molar-refractivity contribution in [2.75, 3.05) is 44.2 Å². The molecule has 0 aromatic carbocycles. The van der Waals surface area contributed by atoms with E-state index in [1.165, 1.54) is 24.1 Å². The van der Waals surface area contributed by atoms with E-state index in [9.17, 15) is 4.79 Å². The van der Waals surface area contributed by atoms with Crippen LogP contribution in [0.1, 0.15) is 36.4 Å². The second-order valence-corrected chi connectivity index (χ2v) is 7.87. The first kappa shape index (κ1) is 18.9. The van der Waals surface area contributed by atoms with Gasteiger partial charge in [-0.2, -0.15) is 5.10 Å². The summed E-state index contributed by atoms with van der Waals surface area (Å²) in [5.41, 5.74) is 3.51. The van der Waals surface area contributed by atoms with Crippen molar-refractivity contribution in [1.29, 1.82) is 0 Å². The number of pyridine rings is 1. The van der Waals surface area contributed by atoms with Crippen molar-refractivity contribution in [2.45, 2.75) is 38.6 Å². The number of carbonyl (C=O) groups is 1. The lowest BCUT2D eigenvalue weighted by Gasteiger charge is -2.25. The molecule has 2 aromatic heterocycles. The predicted molar refractivity (Wildman–Crippen MR) is 109 cm³/mol. The Balaban J connectivity index is 1.34. The number of hydrogen-bond acceptors (Lipinski definition) is 5. The summed E-state index contributed by atoms with van der Waals surface area (Å²) in [5.74, 6) is 0.630. The molecule has 0 unspecified atom stereocenters. The molecule has 2 saturated heterocycles. The highest BCUT2D eigenvalue weighted by Gasteiger charge is 2.22. The molecule has 2 aliphatic heterocycles. The van der Waals surface area contributed by atoms with Crippen LogP contribution in [-0.4, -0.2) is 64.8 Å². The van der Waals surface area contributed by atoms with Crippen LogP contribution in [0.5, 0.6) is 0 Å². The van der Waals surface area contributed by atoms with Crippen molar-refractivity contribution in [3.05, 3.63) is 42.0 Å². The first-order chi connectivity index (χ1) is 13.7. The summed E-state index contributed by atoms with van der Waals surface area (Å²) in [6.45, 7) is 7.88. The van der Waals surface area contributed by atoms with Crippen LogP contribution in [-0.2, 0) is 11.3 Å². The summed E-state index contributed by atoms with van der Waals surface area (Å²) in [5, 5.41) is 8.11. The van der Waals surface area contributed by atoms with Crippen molar-refractivity contribution < 1.29 is 4.79 Å². The number of carbonyl (C=O) groups excluding carboxylic acids is 1. The molecule has 4 heterocycles. The van der Waals surface area contributed by atoms with Gasteiger partial charge in [0.15, 0.2) is 0 Å². The largest absolute Gasteiger partial charge is 0.369 e. The SMILES string of the molecule is Cc1cnccc1N1CCCN(C(=O)Cn2ccc([C@@H]3CCCNC3)n2)CC1. The number of aromatic nitrogens is 3. The minimum Gasteiger partial charge on any atom is -0.369 e. The summed E-state index contributed by atoms with van der Waals surface area (Å²) in [4.78, 5) is 21.4. The highest BCUT2D eigenvalue weighted by molar-refractivity contribution is 5.76. The molecule has 0 bridgehead atoms. The predicted octanol–water partition coefficient (Wildman–Crippen LogP) is 1.79. The van der Waals surface area contributed by atoms with Crippen LogP contribution >= 0.6 is 0 Å². The van der Waals surface area contributed by atoms with E-state index in [2.05, 4.69) is 39.4 Å². The van der Waals surface area contributed by atoms with Gasteiger partial charge in [0.1, 0.15) is 6.54 Å². The Morgan fingerprint density at radius 3 is 2.96 bits per heavy atom. The molecule has 0 radical (unpaired) electrons. The number of amides is 1. The van der Waals surface area contributed by atoms with Crippen LogP contribution in [0.15, 0.2) is 30.7 Å². The van der Waals surface area contributed by atoms with E-state index in [4.69, 9.17) is 0 Å². The van der Waals surface area contributed by atoms with E-state index < -0.39 is 0 Å². The molecule has 0 saturated carbocycles. The zero-order chi connectivity index (χ0) is 19.3. The van der Waals surface area contributed by atoms with Crippen molar-refractivity contribution >= 4 is 11.6 Å². The van der Waals surface area contributed by atoms with Gasteiger partial charge in [0.05, 0.1) is 5.69 Å². The summed E-state index contributed by atoms with van der Waals surface area (Å²) >= 11 is 0. The molecular formula is C21H30N6O. The van der Waals surface area contributed by atoms with Crippen molar-refractivity contribution in [1.82, 2.24) is 25.0 Å². The molecule has 4 rings (SSSR count). The molecule has 0 spiro atoms. The number of nitrogens with one attached hydrogen (secondary N) is 1. The highest BCUT2D eigenvalue weighted by atomic mass is 16.2. The third kappa shape index (κ3) is 4.35. The molecule has 2 fully saturated rings. The Morgan fingerprint density at radius 1 is 1.21 bits per heavy atom. The molecule has 7 nitrogen and oxygen atoms in total. The topological polar surface area (TPSA) is 66.3 Å². The highest BCUT2D eigenvalue weighted by Crippen LogP contribution is 2.22. The Morgan fingerprint density at radius 2 is 2.14 bits per heavy atom. The fourth-order valence-electron chi connectivity index (χ4n) is 4.25. The van der Waals surface area contributed by atoms with Crippen LogP contribution in [0.4, 0.5) is 5.69 Å². The zero-order valence-corrected chi connectivity index (χ0v) is 16.7. The molecule has 0 aliphatic carbocycles. The third-order valence-electron chi connectivity index (χ3n) is 5.85. The van der Waals surface area contributed by atoms with Crippen LogP contribution in [0.2, 0.25) is 0 Å². The van der Waals surface area contributed by atoms with Gasteiger partial charge in [0.25, 0.3) is 0 Å². The van der Waals surface area contributed by atoms with Gasteiger partial charge in [0, 0.05) is 62.9 Å². The van der Waals surface area contributed by atoms with Crippen molar-refractivity contribution in [3.8, 4) is 0 Å². The smallest absolute Gasteiger partial charge is 0.244 e. The summed E-state index contributed by atoms with van der Waals surface area (Å²) in [6, 6.07) is 4.14. The molecule has 7 heteroatoms. The maximum atomic E-state index is 12.8. The standard InChI is InChI=1S/C21H30N6O/c1-17-14-23-8-5-20(17)25-9-3-10-26(13-12-25)21(28)16-27-11-6-19(24-27)18-4-2-7-22-15-18/h5-6,8,11,14,18,22H,2-4,7,9-10,12-13,15-16H2,1H3/t18-/m1/s1. The lowest BCUT2D eigenvalue weighted by Crippen LogP contribution is -2.37. The lowest BCUT2D eigenvalue weighted by molar-refractivity contribution is -0.131. The van der Waals surface area contributed by atoms with Crippen LogP contribution < -0.4 is 10.2 Å². The van der Waals surface area contributed by atoms with Gasteiger partial charge in [0.2, 0.25) is 5.91 Å². The van der Waals surface area contributed by atoms with E-state index in [1.807, 2.05) is 28.2 Å².